The van der Waals surface area contributed by atoms with Gasteiger partial charge in [-0.1, -0.05) is 23.7 Å². The molecule has 3 aliphatic rings. The molecule has 0 atom stereocenters. The van der Waals surface area contributed by atoms with Gasteiger partial charge in [-0.3, -0.25) is 14.4 Å². The van der Waals surface area contributed by atoms with Crippen molar-refractivity contribution in [3.63, 3.8) is 0 Å². The molecule has 36 heavy (non-hydrogen) atoms. The number of hydrogen-bond donors (Lipinski definition) is 2. The van der Waals surface area contributed by atoms with E-state index in [1.807, 2.05) is 32.0 Å². The molecule has 1 amide bonds. The standard InChI is InChI=1S/C29H29ClN2O4/c1-16-6-3-7-20(17(16)2)32-26(35)15-36-25-13-12-18(30)14-19(25)27-28-21(8-4-10-23(28)33)31-22-9-5-11-24(34)29(22)27/h3,6-7,12-14,27,31H,4-5,8-11,15H2,1-2H3,(H,32,35). The first-order chi connectivity index (χ1) is 17.3. The van der Waals surface area contributed by atoms with Gasteiger partial charge in [0, 0.05) is 57.6 Å². The molecule has 6 nitrogen and oxygen atoms in total. The number of rotatable bonds is 5. The lowest BCUT2D eigenvalue weighted by Gasteiger charge is -2.37. The molecule has 7 heteroatoms. The van der Waals surface area contributed by atoms with Gasteiger partial charge in [0.15, 0.2) is 18.2 Å². The third kappa shape index (κ3) is 4.58. The number of Topliss-reactive ketones (excluding diaryl/α,β-unsaturated/α-hetero) is 2. The molecule has 0 fully saturated rings. The van der Waals surface area contributed by atoms with Crippen LogP contribution in [0.15, 0.2) is 58.9 Å². The molecule has 186 valence electrons. The lowest BCUT2D eigenvalue weighted by molar-refractivity contribution is -0.119. The molecule has 2 aromatic carbocycles. The number of hydrogen-bond acceptors (Lipinski definition) is 5. The summed E-state index contributed by atoms with van der Waals surface area (Å²) in [5, 5.41) is 6.81. The van der Waals surface area contributed by atoms with Crippen molar-refractivity contribution in [1.82, 2.24) is 5.32 Å². The van der Waals surface area contributed by atoms with Crippen LogP contribution in [0.1, 0.15) is 61.1 Å². The van der Waals surface area contributed by atoms with Crippen LogP contribution < -0.4 is 15.4 Å². The van der Waals surface area contributed by atoms with Crippen molar-refractivity contribution >= 4 is 34.8 Å². The summed E-state index contributed by atoms with van der Waals surface area (Å²) in [5.74, 6) is -0.322. The number of halogens is 1. The number of amides is 1. The predicted octanol–water partition coefficient (Wildman–Crippen LogP) is 5.68. The number of ketones is 2. The second-order valence-electron chi connectivity index (χ2n) is 9.66. The van der Waals surface area contributed by atoms with E-state index in [-0.39, 0.29) is 24.1 Å². The highest BCUT2D eigenvalue weighted by molar-refractivity contribution is 6.30. The molecular weight excluding hydrogens is 476 g/mol. The van der Waals surface area contributed by atoms with Gasteiger partial charge < -0.3 is 15.4 Å². The van der Waals surface area contributed by atoms with Crippen molar-refractivity contribution < 1.29 is 19.1 Å². The molecule has 2 N–H and O–H groups in total. The van der Waals surface area contributed by atoms with E-state index >= 15 is 0 Å². The summed E-state index contributed by atoms with van der Waals surface area (Å²) < 4.78 is 6.02. The topological polar surface area (TPSA) is 84.5 Å². The fraction of sp³-hybridized carbons (Fsp3) is 0.345. The molecule has 2 aromatic rings. The Kier molecular flexibility index (Phi) is 6.71. The number of nitrogens with one attached hydrogen (secondary N) is 2. The zero-order chi connectivity index (χ0) is 25.4. The number of aryl methyl sites for hydroxylation is 1. The SMILES string of the molecule is Cc1cccc(NC(=O)COc2ccc(Cl)cc2C2C3=C(CCCC3=O)NC3=C2C(=O)CCC3)c1C. The van der Waals surface area contributed by atoms with Crippen LogP contribution >= 0.6 is 11.6 Å². The zero-order valence-corrected chi connectivity index (χ0v) is 21.3. The van der Waals surface area contributed by atoms with Crippen LogP contribution in [0, 0.1) is 13.8 Å². The van der Waals surface area contributed by atoms with E-state index in [4.69, 9.17) is 16.3 Å². The maximum atomic E-state index is 13.1. The van der Waals surface area contributed by atoms with Crippen LogP contribution in [0.2, 0.25) is 5.02 Å². The van der Waals surface area contributed by atoms with Crippen LogP contribution in [0.4, 0.5) is 5.69 Å². The van der Waals surface area contributed by atoms with E-state index < -0.39 is 5.92 Å². The van der Waals surface area contributed by atoms with Crippen molar-refractivity contribution in [2.75, 3.05) is 11.9 Å². The van der Waals surface area contributed by atoms with E-state index in [1.54, 1.807) is 18.2 Å². The van der Waals surface area contributed by atoms with E-state index in [0.717, 1.165) is 53.9 Å². The molecule has 0 saturated carbocycles. The summed E-state index contributed by atoms with van der Waals surface area (Å²) in [7, 11) is 0. The molecule has 1 heterocycles. The molecular formula is C29H29ClN2O4. The monoisotopic (exact) mass is 504 g/mol. The minimum absolute atomic E-state index is 0.0391. The summed E-state index contributed by atoms with van der Waals surface area (Å²) in [6.07, 6.45) is 3.98. The maximum absolute atomic E-state index is 13.1. The third-order valence-corrected chi connectivity index (χ3v) is 7.55. The molecule has 0 unspecified atom stereocenters. The van der Waals surface area contributed by atoms with Crippen molar-refractivity contribution in [1.29, 1.82) is 0 Å². The van der Waals surface area contributed by atoms with Gasteiger partial charge in [-0.2, -0.15) is 0 Å². The number of carbonyl (C=O) groups excluding carboxylic acids is 3. The van der Waals surface area contributed by atoms with Crippen LogP contribution in [0.3, 0.4) is 0 Å². The van der Waals surface area contributed by atoms with E-state index in [2.05, 4.69) is 10.6 Å². The highest BCUT2D eigenvalue weighted by Gasteiger charge is 2.41. The Bertz CT molecular complexity index is 1300. The van der Waals surface area contributed by atoms with Gasteiger partial charge in [0.1, 0.15) is 5.75 Å². The number of ether oxygens (including phenoxy) is 1. The lowest BCUT2D eigenvalue weighted by atomic mass is 9.71. The minimum atomic E-state index is -0.548. The molecule has 1 aliphatic heterocycles. The van der Waals surface area contributed by atoms with Crippen LogP contribution in [-0.2, 0) is 14.4 Å². The maximum Gasteiger partial charge on any atom is 0.262 e. The molecule has 2 aliphatic carbocycles. The molecule has 0 spiro atoms. The van der Waals surface area contributed by atoms with Crippen LogP contribution in [0.25, 0.3) is 0 Å². The summed E-state index contributed by atoms with van der Waals surface area (Å²) in [5.41, 5.74) is 6.51. The van der Waals surface area contributed by atoms with Crippen molar-refractivity contribution in [3.05, 3.63) is 80.7 Å². The van der Waals surface area contributed by atoms with Gasteiger partial charge in [0.25, 0.3) is 5.91 Å². The van der Waals surface area contributed by atoms with Crippen LogP contribution in [0.5, 0.6) is 5.75 Å². The predicted molar refractivity (Wildman–Crippen MR) is 139 cm³/mol. The smallest absolute Gasteiger partial charge is 0.262 e. The lowest BCUT2D eigenvalue weighted by Crippen LogP contribution is -2.36. The first-order valence-corrected chi connectivity index (χ1v) is 12.8. The van der Waals surface area contributed by atoms with E-state index in [0.29, 0.717) is 40.3 Å². The zero-order valence-electron chi connectivity index (χ0n) is 20.5. The van der Waals surface area contributed by atoms with Crippen molar-refractivity contribution in [2.45, 2.75) is 58.3 Å². The first-order valence-electron chi connectivity index (χ1n) is 12.4. The van der Waals surface area contributed by atoms with Crippen molar-refractivity contribution in [3.8, 4) is 5.75 Å². The molecule has 0 aromatic heterocycles. The average Bonchev–Trinajstić information content (AvgIpc) is 2.85. The molecule has 0 radical (unpaired) electrons. The van der Waals surface area contributed by atoms with Gasteiger partial charge in [-0.25, -0.2) is 0 Å². The third-order valence-electron chi connectivity index (χ3n) is 7.31. The van der Waals surface area contributed by atoms with Gasteiger partial charge >= 0.3 is 0 Å². The number of anilines is 1. The quantitative estimate of drug-likeness (QED) is 0.547. The number of benzene rings is 2. The van der Waals surface area contributed by atoms with Gasteiger partial charge in [-0.15, -0.1) is 0 Å². The Morgan fingerprint density at radius 2 is 1.67 bits per heavy atom. The Hall–Kier alpha value is -3.38. The van der Waals surface area contributed by atoms with E-state index in [1.165, 1.54) is 0 Å². The normalized spacial score (nSPS) is 18.0. The summed E-state index contributed by atoms with van der Waals surface area (Å²) >= 11 is 6.41. The molecule has 5 rings (SSSR count). The van der Waals surface area contributed by atoms with Crippen molar-refractivity contribution in [2.24, 2.45) is 0 Å². The Labute approximate surface area is 215 Å². The Morgan fingerprint density at radius 3 is 2.33 bits per heavy atom. The van der Waals surface area contributed by atoms with Gasteiger partial charge in [0.05, 0.1) is 0 Å². The fourth-order valence-corrected chi connectivity index (χ4v) is 5.57. The summed E-state index contributed by atoms with van der Waals surface area (Å²) in [6, 6.07) is 10.9. The number of carbonyl (C=O) groups is 3. The second-order valence-corrected chi connectivity index (χ2v) is 10.1. The summed E-state index contributed by atoms with van der Waals surface area (Å²) in [6.45, 7) is 3.73. The van der Waals surface area contributed by atoms with E-state index in [9.17, 15) is 14.4 Å². The average molecular weight is 505 g/mol. The Morgan fingerprint density at radius 1 is 1.00 bits per heavy atom. The minimum Gasteiger partial charge on any atom is -0.483 e. The molecule has 0 saturated heterocycles. The largest absolute Gasteiger partial charge is 0.483 e. The fourth-order valence-electron chi connectivity index (χ4n) is 5.39. The first kappa shape index (κ1) is 24.3. The highest BCUT2D eigenvalue weighted by Crippen LogP contribution is 2.48. The second kappa shape index (κ2) is 9.94. The number of dihydropyridines is 1. The Balaban J connectivity index is 1.48. The van der Waals surface area contributed by atoms with Gasteiger partial charge in [0.2, 0.25) is 0 Å². The highest BCUT2D eigenvalue weighted by atomic mass is 35.5. The number of allylic oxidation sites excluding steroid dienone is 4. The van der Waals surface area contributed by atoms with Crippen LogP contribution in [-0.4, -0.2) is 24.1 Å². The van der Waals surface area contributed by atoms with Gasteiger partial charge in [-0.05, 0) is 74.9 Å². The summed E-state index contributed by atoms with van der Waals surface area (Å²) in [4.78, 5) is 39.1. The molecule has 0 bridgehead atoms.